The summed E-state index contributed by atoms with van der Waals surface area (Å²) in [5.41, 5.74) is 7.64. The predicted molar refractivity (Wildman–Crippen MR) is 136 cm³/mol. The van der Waals surface area contributed by atoms with Crippen LogP contribution in [0.25, 0.3) is 0 Å². The molecule has 4 nitrogen and oxygen atoms in total. The van der Waals surface area contributed by atoms with Gasteiger partial charge in [-0.15, -0.1) is 10.5 Å². The van der Waals surface area contributed by atoms with E-state index in [4.69, 9.17) is 20.0 Å². The zero-order valence-electron chi connectivity index (χ0n) is 21.9. The number of hydrogen-bond acceptors (Lipinski definition) is 4. The van der Waals surface area contributed by atoms with E-state index in [-0.39, 0.29) is 10.8 Å². The molecule has 0 aromatic heterocycles. The molecule has 4 aliphatic rings. The topological polar surface area (TPSA) is 66.0 Å². The van der Waals surface area contributed by atoms with Gasteiger partial charge >= 0.3 is 0 Å². The lowest BCUT2D eigenvalue weighted by molar-refractivity contribution is -0.113. The molecule has 0 radical (unpaired) electrons. The first-order valence-corrected chi connectivity index (χ1v) is 12.9. The second-order valence-corrected chi connectivity index (χ2v) is 12.4. The highest BCUT2D eigenvalue weighted by molar-refractivity contribution is 5.51. The lowest BCUT2D eigenvalue weighted by Crippen LogP contribution is -2.61. The van der Waals surface area contributed by atoms with Crippen molar-refractivity contribution in [3.8, 4) is 24.0 Å². The van der Waals surface area contributed by atoms with Crippen LogP contribution in [-0.4, -0.2) is 0 Å². The smallest absolute Gasteiger partial charge is 0.292 e. The molecule has 0 amide bonds. The molecule has 0 N–H and O–H groups in total. The second-order valence-electron chi connectivity index (χ2n) is 12.4. The Labute approximate surface area is 209 Å². The van der Waals surface area contributed by atoms with Gasteiger partial charge in [0.15, 0.2) is 0 Å². The molecule has 182 valence electrons. The lowest BCUT2D eigenvalue weighted by Gasteiger charge is -2.68. The van der Waals surface area contributed by atoms with Crippen LogP contribution < -0.4 is 9.47 Å². The Kier molecular flexibility index (Phi) is 5.45. The van der Waals surface area contributed by atoms with Gasteiger partial charge in [0.25, 0.3) is 12.5 Å². The summed E-state index contributed by atoms with van der Waals surface area (Å²) in [5.74, 6) is 2.73. The molecule has 4 fully saturated rings. The summed E-state index contributed by atoms with van der Waals surface area (Å²) in [4.78, 5) is 0. The van der Waals surface area contributed by atoms with Crippen LogP contribution in [0.3, 0.4) is 0 Å². The van der Waals surface area contributed by atoms with Gasteiger partial charge in [-0.05, 0) is 128 Å². The van der Waals surface area contributed by atoms with E-state index >= 15 is 0 Å². The molecule has 2 unspecified atom stereocenters. The summed E-state index contributed by atoms with van der Waals surface area (Å²) in [7, 11) is 0. The van der Waals surface area contributed by atoms with Crippen LogP contribution in [-0.2, 0) is 10.8 Å². The summed E-state index contributed by atoms with van der Waals surface area (Å²) in [6.45, 7) is 13.1. The number of rotatable bonds is 5. The van der Waals surface area contributed by atoms with Crippen molar-refractivity contribution in [2.75, 3.05) is 0 Å². The number of nitrogens with zero attached hydrogens (tertiary/aromatic N) is 2. The Balaban J connectivity index is 1.67. The summed E-state index contributed by atoms with van der Waals surface area (Å²) >= 11 is 0. The Hall–Kier alpha value is -2.98. The van der Waals surface area contributed by atoms with Crippen molar-refractivity contribution in [2.45, 2.75) is 90.9 Å². The third kappa shape index (κ3) is 3.53. The Morgan fingerprint density at radius 2 is 1.11 bits per heavy atom. The summed E-state index contributed by atoms with van der Waals surface area (Å²) in [6, 6.07) is 9.20. The van der Waals surface area contributed by atoms with Crippen molar-refractivity contribution in [3.63, 3.8) is 0 Å². The van der Waals surface area contributed by atoms with Crippen molar-refractivity contribution in [1.82, 2.24) is 0 Å². The van der Waals surface area contributed by atoms with Crippen molar-refractivity contribution < 1.29 is 9.47 Å². The van der Waals surface area contributed by atoms with Crippen molar-refractivity contribution in [2.24, 2.45) is 17.3 Å². The second kappa shape index (κ2) is 8.03. The van der Waals surface area contributed by atoms with Crippen LogP contribution >= 0.6 is 0 Å². The van der Waals surface area contributed by atoms with Crippen LogP contribution in [0.4, 0.5) is 0 Å². The fourth-order valence-corrected chi connectivity index (χ4v) is 8.73. The average molecular weight is 469 g/mol. The van der Waals surface area contributed by atoms with Crippen molar-refractivity contribution in [1.29, 1.82) is 10.5 Å². The Morgan fingerprint density at radius 1 is 0.714 bits per heavy atom. The van der Waals surface area contributed by atoms with E-state index in [1.54, 1.807) is 0 Å². The number of ether oxygens (including phenoxy) is 2. The predicted octanol–water partition coefficient (Wildman–Crippen LogP) is 7.46. The first-order chi connectivity index (χ1) is 16.6. The van der Waals surface area contributed by atoms with E-state index in [2.05, 4.69) is 65.8 Å². The van der Waals surface area contributed by atoms with Gasteiger partial charge < -0.3 is 9.47 Å². The molecule has 4 heteroatoms. The summed E-state index contributed by atoms with van der Waals surface area (Å²) in [6.07, 6.45) is 11.2. The van der Waals surface area contributed by atoms with Gasteiger partial charge in [-0.3, -0.25) is 0 Å². The highest BCUT2D eigenvalue weighted by Gasteiger charge is 2.64. The molecule has 0 saturated heterocycles. The Bertz CT molecular complexity index is 1140. The fraction of sp³-hybridized carbons (Fsp3) is 0.548. The maximum Gasteiger partial charge on any atom is 0.292 e. The highest BCUT2D eigenvalue weighted by atomic mass is 16.5. The van der Waals surface area contributed by atoms with Crippen molar-refractivity contribution >= 4 is 0 Å². The van der Waals surface area contributed by atoms with Crippen LogP contribution in [0.5, 0.6) is 11.5 Å². The van der Waals surface area contributed by atoms with Gasteiger partial charge in [0.2, 0.25) is 0 Å². The zero-order valence-corrected chi connectivity index (χ0v) is 21.9. The van der Waals surface area contributed by atoms with Crippen LogP contribution in [0.15, 0.2) is 24.3 Å². The first-order valence-electron chi connectivity index (χ1n) is 12.9. The molecule has 35 heavy (non-hydrogen) atoms. The number of hydrogen-bond donors (Lipinski definition) is 0. The summed E-state index contributed by atoms with van der Waals surface area (Å²) in [5, 5.41) is 18.2. The maximum absolute atomic E-state index is 9.12. The van der Waals surface area contributed by atoms with Crippen molar-refractivity contribution in [3.05, 3.63) is 57.6 Å². The highest BCUT2D eigenvalue weighted by Crippen LogP contribution is 2.72. The fourth-order valence-electron chi connectivity index (χ4n) is 8.73. The average Bonchev–Trinajstić information content (AvgIpc) is 2.77. The van der Waals surface area contributed by atoms with Gasteiger partial charge in [-0.1, -0.05) is 38.1 Å². The van der Waals surface area contributed by atoms with Gasteiger partial charge in [0, 0.05) is 0 Å². The molecular formula is C31H36N2O2. The standard InChI is InChI=1S/C31H36N2O2/c1-19(2)29-11-24-12-30(14-29,25-7-20(3)27(34-17-32)21(4)8-25)16-31(13-24,15-29)26-9-22(5)28(35-18-33)23(6)10-26/h7-10,19,24H,11-16H2,1-6H3. The minimum Gasteiger partial charge on any atom is -0.387 e. The van der Waals surface area contributed by atoms with Gasteiger partial charge in [-0.2, -0.15) is 0 Å². The zero-order chi connectivity index (χ0) is 25.2. The first kappa shape index (κ1) is 23.7. The maximum atomic E-state index is 9.12. The van der Waals surface area contributed by atoms with E-state index < -0.39 is 0 Å². The minimum atomic E-state index is 0.133. The van der Waals surface area contributed by atoms with Gasteiger partial charge in [0.1, 0.15) is 11.5 Å². The molecular weight excluding hydrogens is 432 g/mol. The summed E-state index contributed by atoms with van der Waals surface area (Å²) < 4.78 is 10.6. The van der Waals surface area contributed by atoms with E-state index in [0.717, 1.165) is 28.7 Å². The third-order valence-electron chi connectivity index (χ3n) is 9.78. The van der Waals surface area contributed by atoms with E-state index in [1.165, 1.54) is 43.2 Å². The molecule has 4 bridgehead atoms. The number of aryl methyl sites for hydroxylation is 4. The lowest BCUT2D eigenvalue weighted by atomic mass is 9.36. The van der Waals surface area contributed by atoms with Crippen LogP contribution in [0.1, 0.15) is 85.8 Å². The molecule has 6 rings (SSSR count). The minimum absolute atomic E-state index is 0.133. The molecule has 0 heterocycles. The molecule has 0 aliphatic heterocycles. The van der Waals surface area contributed by atoms with E-state index in [0.29, 0.717) is 28.7 Å². The monoisotopic (exact) mass is 468 g/mol. The van der Waals surface area contributed by atoms with Gasteiger partial charge in [-0.25, -0.2) is 0 Å². The van der Waals surface area contributed by atoms with E-state index in [1.807, 2.05) is 12.5 Å². The van der Waals surface area contributed by atoms with Crippen LogP contribution in [0.2, 0.25) is 0 Å². The number of nitriles is 2. The van der Waals surface area contributed by atoms with Crippen LogP contribution in [0, 0.1) is 68.0 Å². The van der Waals surface area contributed by atoms with Gasteiger partial charge in [0.05, 0.1) is 0 Å². The molecule has 2 aromatic rings. The SMILES string of the molecule is Cc1cc(C23CC4CC(c5cc(C)c(OC#N)c(C)c5)(C2)CC(C(C)C)(C4)C3)cc(C)c1OC#N. The normalized spacial score (nSPS) is 30.7. The molecule has 0 spiro atoms. The quantitative estimate of drug-likeness (QED) is 0.427. The third-order valence-corrected chi connectivity index (χ3v) is 9.78. The molecule has 4 saturated carbocycles. The molecule has 2 aromatic carbocycles. The Morgan fingerprint density at radius 3 is 1.46 bits per heavy atom. The van der Waals surface area contributed by atoms with E-state index in [9.17, 15) is 0 Å². The molecule has 4 aliphatic carbocycles. The molecule has 2 atom stereocenters. The number of benzene rings is 2. The largest absolute Gasteiger partial charge is 0.387 e.